The van der Waals surface area contributed by atoms with Crippen LogP contribution in [0.3, 0.4) is 0 Å². The molecule has 0 amide bonds. The van der Waals surface area contributed by atoms with E-state index in [0.29, 0.717) is 5.92 Å². The number of nitrogens with zero attached hydrogens (tertiary/aromatic N) is 1. The Morgan fingerprint density at radius 3 is 2.68 bits per heavy atom. The van der Waals surface area contributed by atoms with Crippen LogP contribution < -0.4 is 10.1 Å². The molecule has 3 nitrogen and oxygen atoms in total. The summed E-state index contributed by atoms with van der Waals surface area (Å²) in [5.41, 5.74) is 1.07. The average molecular weight is 264 g/mol. The highest BCUT2D eigenvalue weighted by Crippen LogP contribution is 2.10. The van der Waals surface area contributed by atoms with Gasteiger partial charge in [-0.25, -0.2) is 0 Å². The van der Waals surface area contributed by atoms with Gasteiger partial charge in [0, 0.05) is 6.54 Å². The summed E-state index contributed by atoms with van der Waals surface area (Å²) in [6, 6.07) is 4.05. The molecular weight excluding hydrogens is 236 g/mol. The first-order chi connectivity index (χ1) is 9.22. The van der Waals surface area contributed by atoms with Crippen LogP contribution in [0.1, 0.15) is 52.1 Å². The molecule has 0 spiro atoms. The van der Waals surface area contributed by atoms with E-state index in [1.807, 2.05) is 18.3 Å². The van der Waals surface area contributed by atoms with Crippen molar-refractivity contribution in [3.8, 4) is 5.75 Å². The molecule has 0 aromatic carbocycles. The molecule has 1 N–H and O–H groups in total. The maximum atomic E-state index is 5.67. The second-order valence-electron chi connectivity index (χ2n) is 5.42. The minimum atomic E-state index is 0.672. The van der Waals surface area contributed by atoms with E-state index in [9.17, 15) is 0 Å². The number of hydrogen-bond donors (Lipinski definition) is 1. The molecule has 0 saturated heterocycles. The van der Waals surface area contributed by atoms with Crippen LogP contribution in [-0.4, -0.2) is 18.1 Å². The van der Waals surface area contributed by atoms with Crippen molar-refractivity contribution in [2.75, 3.05) is 13.2 Å². The van der Waals surface area contributed by atoms with E-state index < -0.39 is 0 Å². The SMILES string of the molecule is CCCCCCOc1ccc(CNCC(C)C)nc1. The molecule has 1 aromatic heterocycles. The minimum Gasteiger partial charge on any atom is -0.492 e. The maximum Gasteiger partial charge on any atom is 0.137 e. The lowest BCUT2D eigenvalue weighted by atomic mass is 10.2. The van der Waals surface area contributed by atoms with Gasteiger partial charge in [-0.05, 0) is 31.0 Å². The topological polar surface area (TPSA) is 34.1 Å². The first-order valence-electron chi connectivity index (χ1n) is 7.50. The van der Waals surface area contributed by atoms with Crippen molar-refractivity contribution in [2.24, 2.45) is 5.92 Å². The normalized spacial score (nSPS) is 10.9. The van der Waals surface area contributed by atoms with Gasteiger partial charge in [0.15, 0.2) is 0 Å². The zero-order chi connectivity index (χ0) is 13.9. The Labute approximate surface area is 117 Å². The van der Waals surface area contributed by atoms with Gasteiger partial charge in [-0.15, -0.1) is 0 Å². The minimum absolute atomic E-state index is 0.672. The van der Waals surface area contributed by atoms with Gasteiger partial charge in [-0.1, -0.05) is 40.0 Å². The van der Waals surface area contributed by atoms with Crippen molar-refractivity contribution in [3.63, 3.8) is 0 Å². The first kappa shape index (κ1) is 16.0. The number of rotatable bonds is 10. The zero-order valence-corrected chi connectivity index (χ0v) is 12.6. The van der Waals surface area contributed by atoms with Crippen LogP contribution in [0.4, 0.5) is 0 Å². The van der Waals surface area contributed by atoms with Gasteiger partial charge in [0.25, 0.3) is 0 Å². The molecule has 19 heavy (non-hydrogen) atoms. The summed E-state index contributed by atoms with van der Waals surface area (Å²) in [7, 11) is 0. The summed E-state index contributed by atoms with van der Waals surface area (Å²) in [4.78, 5) is 4.40. The van der Waals surface area contributed by atoms with Gasteiger partial charge in [0.1, 0.15) is 5.75 Å². The number of unbranched alkanes of at least 4 members (excludes halogenated alkanes) is 3. The highest BCUT2D eigenvalue weighted by Gasteiger charge is 1.98. The summed E-state index contributed by atoms with van der Waals surface area (Å²) < 4.78 is 5.67. The summed E-state index contributed by atoms with van der Waals surface area (Å²) >= 11 is 0. The Kier molecular flexibility index (Phi) is 8.23. The summed E-state index contributed by atoms with van der Waals surface area (Å²) in [5.74, 6) is 1.55. The molecule has 1 rings (SSSR count). The molecule has 0 atom stereocenters. The standard InChI is InChI=1S/C16H28N2O/c1-4-5-6-7-10-19-16-9-8-15(18-13-16)12-17-11-14(2)3/h8-9,13-14,17H,4-7,10-12H2,1-3H3. The molecule has 108 valence electrons. The Hall–Kier alpha value is -1.09. The van der Waals surface area contributed by atoms with Gasteiger partial charge in [-0.2, -0.15) is 0 Å². The average Bonchev–Trinajstić information content (AvgIpc) is 2.40. The van der Waals surface area contributed by atoms with E-state index in [4.69, 9.17) is 4.74 Å². The second-order valence-corrected chi connectivity index (χ2v) is 5.42. The molecule has 0 aliphatic heterocycles. The first-order valence-corrected chi connectivity index (χ1v) is 7.50. The molecule has 0 unspecified atom stereocenters. The Morgan fingerprint density at radius 2 is 2.05 bits per heavy atom. The lowest BCUT2D eigenvalue weighted by molar-refractivity contribution is 0.303. The van der Waals surface area contributed by atoms with Gasteiger partial charge < -0.3 is 10.1 Å². The third-order valence-electron chi connectivity index (χ3n) is 2.92. The quantitative estimate of drug-likeness (QED) is 0.653. The third-order valence-corrected chi connectivity index (χ3v) is 2.92. The monoisotopic (exact) mass is 264 g/mol. The third kappa shape index (κ3) is 7.83. The number of aromatic nitrogens is 1. The molecule has 0 aliphatic rings. The fourth-order valence-electron chi connectivity index (χ4n) is 1.81. The smallest absolute Gasteiger partial charge is 0.137 e. The van der Waals surface area contributed by atoms with Crippen molar-refractivity contribution < 1.29 is 4.74 Å². The van der Waals surface area contributed by atoms with E-state index in [1.54, 1.807) is 0 Å². The predicted molar refractivity (Wildman–Crippen MR) is 80.4 cm³/mol. The zero-order valence-electron chi connectivity index (χ0n) is 12.6. The van der Waals surface area contributed by atoms with Crippen LogP contribution in [0.15, 0.2) is 18.3 Å². The highest BCUT2D eigenvalue weighted by atomic mass is 16.5. The number of nitrogens with one attached hydrogen (secondary N) is 1. The van der Waals surface area contributed by atoms with Gasteiger partial charge >= 0.3 is 0 Å². The van der Waals surface area contributed by atoms with E-state index in [1.165, 1.54) is 19.3 Å². The van der Waals surface area contributed by atoms with Crippen molar-refractivity contribution in [2.45, 2.75) is 53.0 Å². The van der Waals surface area contributed by atoms with E-state index in [-0.39, 0.29) is 0 Å². The molecule has 3 heteroatoms. The van der Waals surface area contributed by atoms with Crippen molar-refractivity contribution in [1.29, 1.82) is 0 Å². The molecule has 0 aliphatic carbocycles. The second kappa shape index (κ2) is 9.79. The van der Waals surface area contributed by atoms with Crippen LogP contribution in [0.5, 0.6) is 5.75 Å². The number of hydrogen-bond acceptors (Lipinski definition) is 3. The van der Waals surface area contributed by atoms with Crippen LogP contribution in [0, 0.1) is 5.92 Å². The molecule has 1 aromatic rings. The molecule has 1 heterocycles. The van der Waals surface area contributed by atoms with E-state index >= 15 is 0 Å². The molecule has 0 fully saturated rings. The van der Waals surface area contributed by atoms with E-state index in [0.717, 1.165) is 37.6 Å². The van der Waals surface area contributed by atoms with Crippen LogP contribution in [0.25, 0.3) is 0 Å². The van der Waals surface area contributed by atoms with E-state index in [2.05, 4.69) is 31.1 Å². The molecule has 0 radical (unpaired) electrons. The van der Waals surface area contributed by atoms with Crippen LogP contribution in [-0.2, 0) is 6.54 Å². The van der Waals surface area contributed by atoms with Crippen molar-refractivity contribution in [1.82, 2.24) is 10.3 Å². The fourth-order valence-corrected chi connectivity index (χ4v) is 1.81. The highest BCUT2D eigenvalue weighted by molar-refractivity contribution is 5.19. The van der Waals surface area contributed by atoms with Crippen molar-refractivity contribution >= 4 is 0 Å². The molecule has 0 saturated carbocycles. The van der Waals surface area contributed by atoms with Crippen LogP contribution in [0.2, 0.25) is 0 Å². The summed E-state index contributed by atoms with van der Waals surface area (Å²) in [6.07, 6.45) is 6.76. The summed E-state index contributed by atoms with van der Waals surface area (Å²) in [6.45, 7) is 9.28. The largest absolute Gasteiger partial charge is 0.492 e. The fraction of sp³-hybridized carbons (Fsp3) is 0.688. The Balaban J connectivity index is 2.19. The van der Waals surface area contributed by atoms with Gasteiger partial charge in [0.2, 0.25) is 0 Å². The van der Waals surface area contributed by atoms with Gasteiger partial charge in [-0.3, -0.25) is 4.98 Å². The number of ether oxygens (including phenoxy) is 1. The van der Waals surface area contributed by atoms with Gasteiger partial charge in [0.05, 0.1) is 18.5 Å². The lowest BCUT2D eigenvalue weighted by Gasteiger charge is -2.08. The Bertz CT molecular complexity index is 322. The summed E-state index contributed by atoms with van der Waals surface area (Å²) in [5, 5.41) is 3.38. The van der Waals surface area contributed by atoms with Crippen molar-refractivity contribution in [3.05, 3.63) is 24.0 Å². The molecule has 0 bridgehead atoms. The Morgan fingerprint density at radius 1 is 1.21 bits per heavy atom. The number of pyridine rings is 1. The molecular formula is C16H28N2O. The maximum absolute atomic E-state index is 5.67. The predicted octanol–water partition coefficient (Wildman–Crippen LogP) is 3.79. The van der Waals surface area contributed by atoms with Crippen LogP contribution >= 0.6 is 0 Å². The lowest BCUT2D eigenvalue weighted by Crippen LogP contribution is -2.19.